The van der Waals surface area contributed by atoms with E-state index < -0.39 is 17.4 Å². The van der Waals surface area contributed by atoms with Crippen molar-refractivity contribution in [3.63, 3.8) is 0 Å². The summed E-state index contributed by atoms with van der Waals surface area (Å²) in [6.45, 7) is 1.95. The number of hydrogen-bond acceptors (Lipinski definition) is 7. The molecule has 0 fully saturated rings. The summed E-state index contributed by atoms with van der Waals surface area (Å²) in [7, 11) is 4.35. The molecule has 1 aromatic carbocycles. The van der Waals surface area contributed by atoms with Gasteiger partial charge in [0.1, 0.15) is 9.20 Å². The maximum Gasteiger partial charge on any atom is 0.332 e. The van der Waals surface area contributed by atoms with Crippen molar-refractivity contribution in [1.82, 2.24) is 9.88 Å². The molecule has 1 heterocycles. The van der Waals surface area contributed by atoms with Gasteiger partial charge in [-0.2, -0.15) is 5.11 Å². The predicted octanol–water partition coefficient (Wildman–Crippen LogP) is 0.679. The van der Waals surface area contributed by atoms with Crippen molar-refractivity contribution in [3.8, 4) is 0 Å². The van der Waals surface area contributed by atoms with Crippen LogP contribution in [-0.2, 0) is 14.3 Å². The number of likely N-dealkylation sites (N-methyl/N-ethyl adjacent to an activating group) is 1. The number of hydrogen-bond donors (Lipinski definition) is 1. The van der Waals surface area contributed by atoms with E-state index >= 15 is 0 Å². The summed E-state index contributed by atoms with van der Waals surface area (Å²) >= 11 is 0.932. The van der Waals surface area contributed by atoms with Gasteiger partial charge in [0.15, 0.2) is 5.70 Å². The number of aromatic amines is 1. The molecule has 0 aliphatic carbocycles. The number of esters is 1. The first-order valence-electron chi connectivity index (χ1n) is 7.55. The number of carbonyl (C=O) groups excluding carboxylic acids is 2. The number of ether oxygens (including phenoxy) is 1. The molecule has 0 unspecified atom stereocenters. The number of rotatable bonds is 4. The largest absolute Gasteiger partial charge is 0.466 e. The molecular formula is C17H18N4O4S. The minimum absolute atomic E-state index is 0.0257. The number of amides is 1. The summed E-state index contributed by atoms with van der Waals surface area (Å²) < 4.78 is 4.84. The van der Waals surface area contributed by atoms with Crippen molar-refractivity contribution >= 4 is 40.7 Å². The summed E-state index contributed by atoms with van der Waals surface area (Å²) in [5.41, 5.74) is 1.11. The van der Waals surface area contributed by atoms with E-state index in [1.807, 2.05) is 19.1 Å². The second-order valence-electron chi connectivity index (χ2n) is 5.50. The Bertz CT molecular complexity index is 1020. The normalized spacial score (nSPS) is 13.0. The van der Waals surface area contributed by atoms with Crippen LogP contribution in [0.4, 0.5) is 5.69 Å². The minimum atomic E-state index is -0.661. The van der Waals surface area contributed by atoms with Crippen LogP contribution in [0, 0.1) is 6.92 Å². The molecule has 0 aliphatic rings. The van der Waals surface area contributed by atoms with E-state index in [1.165, 1.54) is 12.0 Å². The van der Waals surface area contributed by atoms with Crippen LogP contribution in [-0.4, -0.2) is 43.0 Å². The van der Waals surface area contributed by atoms with Gasteiger partial charge >= 0.3 is 5.97 Å². The molecule has 0 saturated heterocycles. The lowest BCUT2D eigenvalue weighted by molar-refractivity contribution is -0.133. The van der Waals surface area contributed by atoms with Crippen LogP contribution in [0.25, 0.3) is 11.8 Å². The van der Waals surface area contributed by atoms with Gasteiger partial charge in [0, 0.05) is 20.2 Å². The standard InChI is InChI=1S/C17H18N4O4S/c1-10-5-7-11(8-6-10)19-20-14(17(24)21(2)3)16-18-15(23)12(26-16)9-13(22)25-4/h5-9H,1-4H3,(H,18,23)/b12-9-,16-14-,20-19?. The summed E-state index contributed by atoms with van der Waals surface area (Å²) in [5.74, 6) is -1.09. The van der Waals surface area contributed by atoms with Crippen LogP contribution in [0.5, 0.6) is 0 Å². The second-order valence-corrected chi connectivity index (χ2v) is 6.55. The molecule has 2 aromatic rings. The highest BCUT2D eigenvalue weighted by molar-refractivity contribution is 7.07. The number of azo groups is 1. The zero-order valence-electron chi connectivity index (χ0n) is 14.8. The molecule has 0 radical (unpaired) electrons. The van der Waals surface area contributed by atoms with Gasteiger partial charge in [-0.05, 0) is 19.1 Å². The van der Waals surface area contributed by atoms with Gasteiger partial charge in [0.05, 0.1) is 12.8 Å². The molecule has 26 heavy (non-hydrogen) atoms. The predicted molar refractivity (Wildman–Crippen MR) is 98.5 cm³/mol. The first-order chi connectivity index (χ1) is 12.3. The Labute approximate surface area is 153 Å². The van der Waals surface area contributed by atoms with Crippen molar-refractivity contribution in [2.75, 3.05) is 21.2 Å². The fourth-order valence-corrected chi connectivity index (χ4v) is 2.72. The average molecular weight is 374 g/mol. The number of carbonyl (C=O) groups is 2. The summed E-state index contributed by atoms with van der Waals surface area (Å²) in [4.78, 5) is 39.7. The number of thiazole rings is 1. The molecule has 1 aromatic heterocycles. The molecule has 1 N–H and O–H groups in total. The quantitative estimate of drug-likeness (QED) is 0.628. The molecule has 1 amide bonds. The first kappa shape index (κ1) is 19.3. The van der Waals surface area contributed by atoms with Crippen LogP contribution >= 0.6 is 11.3 Å². The first-order valence-corrected chi connectivity index (χ1v) is 8.36. The number of benzene rings is 1. The van der Waals surface area contributed by atoms with Gasteiger partial charge < -0.3 is 14.6 Å². The van der Waals surface area contributed by atoms with Crippen molar-refractivity contribution in [2.24, 2.45) is 10.2 Å². The SMILES string of the molecule is COC(=O)/C=c1\s/c(=C(\N=Nc2ccc(C)cc2)C(=O)N(C)C)[nH]c1=O. The third-order valence-electron chi connectivity index (χ3n) is 3.24. The van der Waals surface area contributed by atoms with Crippen LogP contribution in [0.3, 0.4) is 0 Å². The molecule has 0 bridgehead atoms. The highest BCUT2D eigenvalue weighted by Crippen LogP contribution is 2.15. The topological polar surface area (TPSA) is 104 Å². The number of nitrogens with one attached hydrogen (secondary N) is 1. The third kappa shape index (κ3) is 4.73. The Morgan fingerprint density at radius 2 is 1.88 bits per heavy atom. The molecule has 2 rings (SSSR count). The van der Waals surface area contributed by atoms with Gasteiger partial charge in [-0.3, -0.25) is 9.59 Å². The number of aryl methyl sites for hydroxylation is 1. The van der Waals surface area contributed by atoms with E-state index in [1.54, 1.807) is 26.2 Å². The van der Waals surface area contributed by atoms with Crippen molar-refractivity contribution in [2.45, 2.75) is 6.92 Å². The highest BCUT2D eigenvalue weighted by Gasteiger charge is 2.15. The molecule has 0 atom stereocenters. The number of nitrogens with zero attached hydrogens (tertiary/aromatic N) is 3. The Kier molecular flexibility index (Phi) is 6.18. The molecule has 0 aliphatic heterocycles. The summed E-state index contributed by atoms with van der Waals surface area (Å²) in [6, 6.07) is 7.28. The zero-order valence-corrected chi connectivity index (χ0v) is 15.6. The molecular weight excluding hydrogens is 356 g/mol. The molecule has 9 heteroatoms. The summed E-state index contributed by atoms with van der Waals surface area (Å²) in [5, 5.41) is 8.10. The van der Waals surface area contributed by atoms with E-state index in [-0.39, 0.29) is 14.9 Å². The van der Waals surface area contributed by atoms with Crippen molar-refractivity contribution in [3.05, 3.63) is 49.4 Å². The van der Waals surface area contributed by atoms with Gasteiger partial charge in [-0.15, -0.1) is 16.5 Å². The Balaban J connectivity index is 2.60. The smallest absolute Gasteiger partial charge is 0.332 e. The molecule has 136 valence electrons. The van der Waals surface area contributed by atoms with E-state index in [0.29, 0.717) is 5.69 Å². The van der Waals surface area contributed by atoms with Gasteiger partial charge in [-0.25, -0.2) is 4.79 Å². The number of H-pyrrole nitrogens is 1. The van der Waals surface area contributed by atoms with Gasteiger partial charge in [0.2, 0.25) is 0 Å². The van der Waals surface area contributed by atoms with Crippen LogP contribution in [0.1, 0.15) is 5.56 Å². The molecule has 0 spiro atoms. The lowest BCUT2D eigenvalue weighted by Gasteiger charge is -2.08. The Hall–Kier alpha value is -3.07. The lowest BCUT2D eigenvalue weighted by atomic mass is 10.2. The second kappa shape index (κ2) is 8.34. The van der Waals surface area contributed by atoms with E-state index in [4.69, 9.17) is 0 Å². The fourth-order valence-electron chi connectivity index (χ4n) is 1.83. The number of aromatic nitrogens is 1. The zero-order chi connectivity index (χ0) is 19.3. The highest BCUT2D eigenvalue weighted by atomic mass is 32.1. The van der Waals surface area contributed by atoms with Crippen LogP contribution in [0.15, 0.2) is 39.3 Å². The maximum absolute atomic E-state index is 12.4. The average Bonchev–Trinajstić information content (AvgIpc) is 2.96. The minimum Gasteiger partial charge on any atom is -0.466 e. The van der Waals surface area contributed by atoms with Crippen LogP contribution in [0.2, 0.25) is 0 Å². The fraction of sp³-hybridized carbons (Fsp3) is 0.235. The van der Waals surface area contributed by atoms with Gasteiger partial charge in [-0.1, -0.05) is 17.7 Å². The molecule has 0 saturated carbocycles. The number of methoxy groups -OCH3 is 1. The Morgan fingerprint density at radius 1 is 1.23 bits per heavy atom. The molecule has 8 nitrogen and oxygen atoms in total. The Morgan fingerprint density at radius 3 is 2.46 bits per heavy atom. The third-order valence-corrected chi connectivity index (χ3v) is 4.26. The van der Waals surface area contributed by atoms with E-state index in [9.17, 15) is 14.4 Å². The van der Waals surface area contributed by atoms with E-state index in [2.05, 4.69) is 19.9 Å². The summed E-state index contributed by atoms with van der Waals surface area (Å²) in [6.07, 6.45) is 1.06. The van der Waals surface area contributed by atoms with Gasteiger partial charge in [0.25, 0.3) is 11.5 Å². The van der Waals surface area contributed by atoms with Crippen molar-refractivity contribution in [1.29, 1.82) is 0 Å². The van der Waals surface area contributed by atoms with Crippen molar-refractivity contribution < 1.29 is 14.3 Å². The van der Waals surface area contributed by atoms with Crippen LogP contribution < -0.4 is 14.8 Å². The van der Waals surface area contributed by atoms with E-state index in [0.717, 1.165) is 23.0 Å². The monoisotopic (exact) mass is 374 g/mol. The lowest BCUT2D eigenvalue weighted by Crippen LogP contribution is -2.27. The maximum atomic E-state index is 12.4.